The number of aromatic nitrogens is 1. The van der Waals surface area contributed by atoms with Gasteiger partial charge in [-0.1, -0.05) is 25.1 Å². The maximum atomic E-state index is 12.1. The van der Waals surface area contributed by atoms with E-state index in [4.69, 9.17) is 10.5 Å². The molecule has 23 heavy (non-hydrogen) atoms. The van der Waals surface area contributed by atoms with Gasteiger partial charge in [-0.2, -0.15) is 0 Å². The summed E-state index contributed by atoms with van der Waals surface area (Å²) in [6.07, 6.45) is 3.17. The number of halogens is 2. The fourth-order valence-corrected chi connectivity index (χ4v) is 1.67. The van der Waals surface area contributed by atoms with E-state index in [1.807, 2.05) is 30.3 Å². The van der Waals surface area contributed by atoms with E-state index in [9.17, 15) is 4.79 Å². The normalized spacial score (nSPS) is 12.1. The lowest BCUT2D eigenvalue weighted by atomic mass is 10.0. The lowest BCUT2D eigenvalue weighted by Gasteiger charge is -2.17. The lowest BCUT2D eigenvalue weighted by Crippen LogP contribution is -2.34. The Kier molecular flexibility index (Phi) is 9.25. The molecule has 1 amide bonds. The van der Waals surface area contributed by atoms with E-state index in [0.717, 1.165) is 0 Å². The third-order valence-corrected chi connectivity index (χ3v) is 3.21. The Balaban J connectivity index is 0.00000242. The van der Waals surface area contributed by atoms with Crippen LogP contribution < -0.4 is 15.8 Å². The fraction of sp³-hybridized carbons (Fsp3) is 0.250. The smallest absolute Gasteiger partial charge is 0.228 e. The number of hydrogen-bond donors (Lipinski definition) is 2. The molecule has 1 heterocycles. The second kappa shape index (κ2) is 10.0. The molecule has 3 N–H and O–H groups in total. The molecular formula is C16H21Cl2N3O2. The lowest BCUT2D eigenvalue weighted by molar-refractivity contribution is -0.119. The number of ether oxygens (including phenoxy) is 1. The van der Waals surface area contributed by atoms with Crippen LogP contribution in [0.4, 0.5) is 5.69 Å². The summed E-state index contributed by atoms with van der Waals surface area (Å²) in [5, 5.41) is 2.81. The van der Waals surface area contributed by atoms with Gasteiger partial charge >= 0.3 is 0 Å². The Hall–Kier alpha value is -1.82. The molecule has 0 fully saturated rings. The van der Waals surface area contributed by atoms with Gasteiger partial charge in [-0.05, 0) is 19.1 Å². The highest BCUT2D eigenvalue weighted by Gasteiger charge is 2.18. The van der Waals surface area contributed by atoms with E-state index >= 15 is 0 Å². The number of benzene rings is 1. The molecule has 1 aromatic carbocycles. The molecule has 2 aromatic rings. The highest BCUT2D eigenvalue weighted by atomic mass is 35.5. The van der Waals surface area contributed by atoms with Crippen LogP contribution in [0, 0.1) is 5.92 Å². The summed E-state index contributed by atoms with van der Waals surface area (Å²) in [5.41, 5.74) is 6.27. The highest BCUT2D eigenvalue weighted by molar-refractivity contribution is 5.94. The van der Waals surface area contributed by atoms with Gasteiger partial charge in [0.2, 0.25) is 5.91 Å². The SMILES string of the molecule is CC(N)C(C)C(=O)Nc1cnccc1Oc1ccccc1.Cl.Cl. The number of rotatable bonds is 5. The van der Waals surface area contributed by atoms with E-state index < -0.39 is 0 Å². The van der Waals surface area contributed by atoms with Crippen LogP contribution in [0.15, 0.2) is 48.8 Å². The third-order valence-electron chi connectivity index (χ3n) is 3.21. The van der Waals surface area contributed by atoms with E-state index in [2.05, 4.69) is 10.3 Å². The fourth-order valence-electron chi connectivity index (χ4n) is 1.67. The number of hydrogen-bond acceptors (Lipinski definition) is 4. The number of carbonyl (C=O) groups is 1. The van der Waals surface area contributed by atoms with Crippen LogP contribution in [-0.2, 0) is 4.79 Å². The van der Waals surface area contributed by atoms with Crippen molar-refractivity contribution in [1.29, 1.82) is 0 Å². The minimum Gasteiger partial charge on any atom is -0.455 e. The molecule has 0 radical (unpaired) electrons. The summed E-state index contributed by atoms with van der Waals surface area (Å²) in [5.74, 6) is 0.784. The minimum atomic E-state index is -0.296. The van der Waals surface area contributed by atoms with Crippen molar-refractivity contribution in [3.63, 3.8) is 0 Å². The van der Waals surface area contributed by atoms with Crippen LogP contribution in [0.1, 0.15) is 13.8 Å². The van der Waals surface area contributed by atoms with Gasteiger partial charge in [0, 0.05) is 18.3 Å². The Morgan fingerprint density at radius 3 is 2.43 bits per heavy atom. The predicted molar refractivity (Wildman–Crippen MR) is 96.7 cm³/mol. The van der Waals surface area contributed by atoms with E-state index in [1.165, 1.54) is 0 Å². The first kappa shape index (κ1) is 21.2. The van der Waals surface area contributed by atoms with Gasteiger partial charge in [-0.25, -0.2) is 0 Å². The quantitative estimate of drug-likeness (QED) is 0.856. The zero-order valence-electron chi connectivity index (χ0n) is 12.9. The Morgan fingerprint density at radius 2 is 1.83 bits per heavy atom. The Bertz CT molecular complexity index is 609. The van der Waals surface area contributed by atoms with Crippen molar-refractivity contribution in [2.45, 2.75) is 19.9 Å². The standard InChI is InChI=1S/C16H19N3O2.2ClH/c1-11(12(2)17)16(20)19-14-10-18-9-8-15(14)21-13-6-4-3-5-7-13;;/h3-12H,17H2,1-2H3,(H,19,20);2*1H. The largest absolute Gasteiger partial charge is 0.455 e. The average molecular weight is 358 g/mol. The van der Waals surface area contributed by atoms with Crippen molar-refractivity contribution in [2.75, 3.05) is 5.32 Å². The molecule has 2 atom stereocenters. The van der Waals surface area contributed by atoms with Crippen molar-refractivity contribution in [3.05, 3.63) is 48.8 Å². The monoisotopic (exact) mass is 357 g/mol. The Labute approximate surface area is 148 Å². The second-order valence-corrected chi connectivity index (χ2v) is 4.92. The van der Waals surface area contributed by atoms with E-state index in [1.54, 1.807) is 32.3 Å². The van der Waals surface area contributed by atoms with Crippen LogP contribution >= 0.6 is 24.8 Å². The summed E-state index contributed by atoms with van der Waals surface area (Å²) in [6.45, 7) is 3.59. The van der Waals surface area contributed by atoms with Gasteiger partial charge in [-0.3, -0.25) is 9.78 Å². The molecular weight excluding hydrogens is 337 g/mol. The van der Waals surface area contributed by atoms with Crippen LogP contribution in [0.2, 0.25) is 0 Å². The summed E-state index contributed by atoms with van der Waals surface area (Å²) in [4.78, 5) is 16.1. The predicted octanol–water partition coefficient (Wildman–Crippen LogP) is 3.64. The maximum absolute atomic E-state index is 12.1. The Morgan fingerprint density at radius 1 is 1.17 bits per heavy atom. The van der Waals surface area contributed by atoms with Crippen molar-refractivity contribution in [2.24, 2.45) is 11.7 Å². The first-order chi connectivity index (χ1) is 10.1. The molecule has 5 nitrogen and oxygen atoms in total. The number of amides is 1. The molecule has 1 aromatic heterocycles. The molecule has 0 saturated heterocycles. The van der Waals surface area contributed by atoms with Gasteiger partial charge in [0.1, 0.15) is 11.4 Å². The van der Waals surface area contributed by atoms with E-state index in [-0.39, 0.29) is 42.7 Å². The number of nitrogens with two attached hydrogens (primary N) is 1. The van der Waals surface area contributed by atoms with Crippen LogP contribution in [0.5, 0.6) is 11.5 Å². The van der Waals surface area contributed by atoms with Crippen LogP contribution in [0.25, 0.3) is 0 Å². The number of carbonyl (C=O) groups excluding carboxylic acids is 1. The van der Waals surface area contributed by atoms with Gasteiger partial charge in [0.25, 0.3) is 0 Å². The summed E-state index contributed by atoms with van der Waals surface area (Å²) in [6, 6.07) is 10.8. The molecule has 0 aliphatic carbocycles. The average Bonchev–Trinajstić information content (AvgIpc) is 2.49. The molecule has 2 unspecified atom stereocenters. The number of nitrogens with zero attached hydrogens (tertiary/aromatic N) is 1. The van der Waals surface area contributed by atoms with Gasteiger partial charge in [-0.15, -0.1) is 24.8 Å². The van der Waals surface area contributed by atoms with Crippen molar-refractivity contribution in [1.82, 2.24) is 4.98 Å². The molecule has 0 aliphatic heterocycles. The highest BCUT2D eigenvalue weighted by Crippen LogP contribution is 2.28. The zero-order chi connectivity index (χ0) is 15.2. The molecule has 126 valence electrons. The number of pyridine rings is 1. The minimum absolute atomic E-state index is 0. The first-order valence-corrected chi connectivity index (χ1v) is 6.81. The van der Waals surface area contributed by atoms with Crippen molar-refractivity contribution < 1.29 is 9.53 Å². The molecule has 0 bridgehead atoms. The van der Waals surface area contributed by atoms with E-state index in [0.29, 0.717) is 17.2 Å². The molecule has 2 rings (SSSR count). The van der Waals surface area contributed by atoms with Crippen LogP contribution in [0.3, 0.4) is 0 Å². The number of para-hydroxylation sites is 1. The second-order valence-electron chi connectivity index (χ2n) is 4.92. The van der Waals surface area contributed by atoms with Gasteiger partial charge in [0.05, 0.1) is 12.1 Å². The summed E-state index contributed by atoms with van der Waals surface area (Å²) in [7, 11) is 0. The van der Waals surface area contributed by atoms with Gasteiger partial charge in [0.15, 0.2) is 5.75 Å². The molecule has 0 aliphatic rings. The third kappa shape index (κ3) is 6.06. The summed E-state index contributed by atoms with van der Waals surface area (Å²) < 4.78 is 5.76. The topological polar surface area (TPSA) is 77.2 Å². The number of nitrogens with one attached hydrogen (secondary N) is 1. The molecule has 0 spiro atoms. The zero-order valence-corrected chi connectivity index (χ0v) is 14.6. The number of anilines is 1. The van der Waals surface area contributed by atoms with Crippen LogP contribution in [-0.4, -0.2) is 16.9 Å². The van der Waals surface area contributed by atoms with Crippen molar-refractivity contribution >= 4 is 36.4 Å². The maximum Gasteiger partial charge on any atom is 0.228 e. The van der Waals surface area contributed by atoms with Crippen molar-refractivity contribution in [3.8, 4) is 11.5 Å². The molecule has 7 heteroatoms. The summed E-state index contributed by atoms with van der Waals surface area (Å²) >= 11 is 0. The molecule has 0 saturated carbocycles. The first-order valence-electron chi connectivity index (χ1n) is 6.81. The van der Waals surface area contributed by atoms with Gasteiger partial charge < -0.3 is 15.8 Å².